The Bertz CT molecular complexity index is 359. The Labute approximate surface area is 87.2 Å². The van der Waals surface area contributed by atoms with Crippen LogP contribution in [0.25, 0.3) is 0 Å². The smallest absolute Gasteiger partial charge is 0.125 e. The predicted molar refractivity (Wildman–Crippen MR) is 59.5 cm³/mol. The van der Waals surface area contributed by atoms with Crippen molar-refractivity contribution in [1.29, 1.82) is 0 Å². The second-order valence-electron chi connectivity index (χ2n) is 3.70. The van der Waals surface area contributed by atoms with Crippen LogP contribution in [0, 0.1) is 5.82 Å². The zero-order chi connectivity index (χ0) is 10.2. The topological polar surface area (TPSA) is 26.0 Å². The molecule has 74 valence electrons. The van der Waals surface area contributed by atoms with Crippen LogP contribution in [-0.4, -0.2) is 0 Å². The van der Waals surface area contributed by atoms with Crippen molar-refractivity contribution in [2.24, 2.45) is 0 Å². The standard InChI is InChI=1S/C11H12FNS/c1-11(3-2-4-14-11)8-5-9(12)7-10(13)6-8/h2,4-7H,3,13H2,1H3. The zero-order valence-corrected chi connectivity index (χ0v) is 8.77. The third-order valence-electron chi connectivity index (χ3n) is 2.46. The van der Waals surface area contributed by atoms with Crippen LogP contribution in [0.3, 0.4) is 0 Å². The van der Waals surface area contributed by atoms with Crippen LogP contribution in [0.2, 0.25) is 0 Å². The lowest BCUT2D eigenvalue weighted by atomic mass is 9.96. The molecule has 1 nitrogen and oxygen atoms in total. The van der Waals surface area contributed by atoms with Crippen LogP contribution in [0.1, 0.15) is 18.9 Å². The highest BCUT2D eigenvalue weighted by Crippen LogP contribution is 2.45. The maximum Gasteiger partial charge on any atom is 0.125 e. The van der Waals surface area contributed by atoms with Gasteiger partial charge >= 0.3 is 0 Å². The molecule has 1 atom stereocenters. The molecule has 0 aromatic heterocycles. The fourth-order valence-electron chi connectivity index (χ4n) is 1.62. The lowest BCUT2D eigenvalue weighted by molar-refractivity contribution is 0.618. The molecule has 1 aromatic rings. The SMILES string of the molecule is CC1(c2cc(N)cc(F)c2)CC=CS1. The van der Waals surface area contributed by atoms with Crippen molar-refractivity contribution in [3.63, 3.8) is 0 Å². The first-order chi connectivity index (χ1) is 6.60. The van der Waals surface area contributed by atoms with E-state index in [1.807, 2.05) is 6.07 Å². The summed E-state index contributed by atoms with van der Waals surface area (Å²) in [4.78, 5) is 0. The van der Waals surface area contributed by atoms with Crippen LogP contribution >= 0.6 is 11.8 Å². The van der Waals surface area contributed by atoms with E-state index in [-0.39, 0.29) is 10.6 Å². The Morgan fingerprint density at radius 2 is 2.21 bits per heavy atom. The average Bonchev–Trinajstić information content (AvgIpc) is 2.52. The Morgan fingerprint density at radius 1 is 1.43 bits per heavy atom. The second kappa shape index (κ2) is 3.31. The van der Waals surface area contributed by atoms with Crippen LogP contribution in [-0.2, 0) is 4.75 Å². The summed E-state index contributed by atoms with van der Waals surface area (Å²) in [5.74, 6) is -0.256. The number of hydrogen-bond donors (Lipinski definition) is 1. The Balaban J connectivity index is 2.41. The van der Waals surface area contributed by atoms with Crippen molar-refractivity contribution in [2.75, 3.05) is 5.73 Å². The first-order valence-corrected chi connectivity index (χ1v) is 5.37. The highest BCUT2D eigenvalue weighted by molar-refractivity contribution is 8.03. The van der Waals surface area contributed by atoms with E-state index in [1.54, 1.807) is 17.8 Å². The number of rotatable bonds is 1. The molecule has 0 aliphatic carbocycles. The van der Waals surface area contributed by atoms with Gasteiger partial charge in [-0.15, -0.1) is 11.8 Å². The molecule has 0 saturated carbocycles. The van der Waals surface area contributed by atoms with Crippen LogP contribution in [0.4, 0.5) is 10.1 Å². The van der Waals surface area contributed by atoms with E-state index in [9.17, 15) is 4.39 Å². The molecule has 1 aliphatic rings. The van der Waals surface area contributed by atoms with Gasteiger partial charge in [-0.1, -0.05) is 6.08 Å². The summed E-state index contributed by atoms with van der Waals surface area (Å²) >= 11 is 1.71. The minimum absolute atomic E-state index is 0.0454. The summed E-state index contributed by atoms with van der Waals surface area (Å²) < 4.78 is 13.1. The molecule has 0 spiro atoms. The minimum Gasteiger partial charge on any atom is -0.399 e. The summed E-state index contributed by atoms with van der Waals surface area (Å²) in [6.45, 7) is 2.10. The molecule has 0 fully saturated rings. The third-order valence-corrected chi connectivity index (χ3v) is 3.71. The maximum absolute atomic E-state index is 13.1. The highest BCUT2D eigenvalue weighted by atomic mass is 32.2. The lowest BCUT2D eigenvalue weighted by Gasteiger charge is -2.23. The van der Waals surface area contributed by atoms with Gasteiger partial charge in [-0.3, -0.25) is 0 Å². The quantitative estimate of drug-likeness (QED) is 0.718. The van der Waals surface area contributed by atoms with E-state index >= 15 is 0 Å². The monoisotopic (exact) mass is 209 g/mol. The molecular formula is C11H12FNS. The summed E-state index contributed by atoms with van der Waals surface area (Å²) in [5, 5.41) is 2.06. The van der Waals surface area contributed by atoms with Crippen molar-refractivity contribution in [3.8, 4) is 0 Å². The minimum atomic E-state index is -0.256. The van der Waals surface area contributed by atoms with E-state index < -0.39 is 0 Å². The fraction of sp³-hybridized carbons (Fsp3) is 0.273. The van der Waals surface area contributed by atoms with Crippen molar-refractivity contribution >= 4 is 17.4 Å². The molecule has 2 rings (SSSR count). The summed E-state index contributed by atoms with van der Waals surface area (Å²) in [7, 11) is 0. The summed E-state index contributed by atoms with van der Waals surface area (Å²) in [6.07, 6.45) is 3.03. The first kappa shape index (κ1) is 9.59. The van der Waals surface area contributed by atoms with Crippen molar-refractivity contribution in [2.45, 2.75) is 18.1 Å². The average molecular weight is 209 g/mol. The molecule has 1 aliphatic heterocycles. The number of nitrogens with two attached hydrogens (primary N) is 1. The normalized spacial score (nSPS) is 25.6. The predicted octanol–water partition coefficient (Wildman–Crippen LogP) is 3.27. The van der Waals surface area contributed by atoms with Gasteiger partial charge < -0.3 is 5.73 Å². The van der Waals surface area contributed by atoms with Gasteiger partial charge in [0.1, 0.15) is 5.82 Å². The van der Waals surface area contributed by atoms with Crippen molar-refractivity contribution in [3.05, 3.63) is 41.1 Å². The van der Waals surface area contributed by atoms with Gasteiger partial charge in [0.25, 0.3) is 0 Å². The summed E-state index contributed by atoms with van der Waals surface area (Å²) in [5.41, 5.74) is 7.07. The Kier molecular flexibility index (Phi) is 2.27. The van der Waals surface area contributed by atoms with Gasteiger partial charge in [0.15, 0.2) is 0 Å². The highest BCUT2D eigenvalue weighted by Gasteiger charge is 2.28. The Morgan fingerprint density at radius 3 is 2.79 bits per heavy atom. The van der Waals surface area contributed by atoms with Crippen LogP contribution in [0.5, 0.6) is 0 Å². The van der Waals surface area contributed by atoms with Crippen molar-refractivity contribution < 1.29 is 4.39 Å². The van der Waals surface area contributed by atoms with E-state index in [2.05, 4.69) is 18.4 Å². The molecule has 0 radical (unpaired) electrons. The Hall–Kier alpha value is -0.960. The van der Waals surface area contributed by atoms with Gasteiger partial charge in [0, 0.05) is 10.4 Å². The number of allylic oxidation sites excluding steroid dienone is 1. The fourth-order valence-corrected chi connectivity index (χ4v) is 2.56. The van der Waals surface area contributed by atoms with Gasteiger partial charge in [-0.25, -0.2) is 4.39 Å². The van der Waals surface area contributed by atoms with Gasteiger partial charge in [-0.05, 0) is 42.5 Å². The number of benzene rings is 1. The third kappa shape index (κ3) is 1.64. The molecule has 0 saturated heterocycles. The molecule has 0 bridgehead atoms. The molecule has 3 heteroatoms. The van der Waals surface area contributed by atoms with Gasteiger partial charge in [0.2, 0.25) is 0 Å². The molecule has 1 unspecified atom stereocenters. The zero-order valence-electron chi connectivity index (χ0n) is 7.96. The van der Waals surface area contributed by atoms with E-state index in [1.165, 1.54) is 6.07 Å². The second-order valence-corrected chi connectivity index (χ2v) is 5.11. The molecule has 2 N–H and O–H groups in total. The van der Waals surface area contributed by atoms with Crippen LogP contribution in [0.15, 0.2) is 29.7 Å². The molecule has 1 aromatic carbocycles. The number of anilines is 1. The van der Waals surface area contributed by atoms with E-state index in [4.69, 9.17) is 5.73 Å². The first-order valence-electron chi connectivity index (χ1n) is 4.49. The molecule has 1 heterocycles. The van der Waals surface area contributed by atoms with E-state index in [0.29, 0.717) is 5.69 Å². The van der Waals surface area contributed by atoms with Crippen molar-refractivity contribution in [1.82, 2.24) is 0 Å². The molecular weight excluding hydrogens is 197 g/mol. The molecule has 14 heavy (non-hydrogen) atoms. The van der Waals surface area contributed by atoms with E-state index in [0.717, 1.165) is 12.0 Å². The van der Waals surface area contributed by atoms with Gasteiger partial charge in [-0.2, -0.15) is 0 Å². The maximum atomic E-state index is 13.1. The number of halogens is 1. The number of nitrogen functional groups attached to an aromatic ring is 1. The lowest BCUT2D eigenvalue weighted by Crippen LogP contribution is -2.13. The number of hydrogen-bond acceptors (Lipinski definition) is 2. The summed E-state index contributed by atoms with van der Waals surface area (Å²) in [6, 6.07) is 4.76. The van der Waals surface area contributed by atoms with Crippen LogP contribution < -0.4 is 5.73 Å². The van der Waals surface area contributed by atoms with Gasteiger partial charge in [0.05, 0.1) is 0 Å². The molecule has 0 amide bonds. The number of thioether (sulfide) groups is 1. The largest absolute Gasteiger partial charge is 0.399 e.